The summed E-state index contributed by atoms with van der Waals surface area (Å²) >= 11 is 0. The van der Waals surface area contributed by atoms with E-state index >= 15 is 0 Å². The third-order valence-corrected chi connectivity index (χ3v) is 2.83. The smallest absolute Gasteiger partial charge is 0.260 e. The molecule has 0 fully saturated rings. The Hall–Kier alpha value is -2.10. The van der Waals surface area contributed by atoms with E-state index in [0.29, 0.717) is 12.3 Å². The second-order valence-corrected chi connectivity index (χ2v) is 4.06. The van der Waals surface area contributed by atoms with Gasteiger partial charge in [-0.2, -0.15) is 0 Å². The van der Waals surface area contributed by atoms with Crippen LogP contribution >= 0.6 is 0 Å². The number of hydrogen-bond acceptors (Lipinski definition) is 3. The van der Waals surface area contributed by atoms with E-state index in [9.17, 15) is 4.79 Å². The van der Waals surface area contributed by atoms with E-state index in [-0.39, 0.29) is 12.5 Å². The van der Waals surface area contributed by atoms with Crippen LogP contribution in [0.25, 0.3) is 10.9 Å². The van der Waals surface area contributed by atoms with E-state index in [2.05, 4.69) is 4.98 Å². The molecular formula is C14H16N2O2. The molecule has 0 aliphatic heterocycles. The molecule has 0 saturated heterocycles. The summed E-state index contributed by atoms with van der Waals surface area (Å²) in [6.07, 6.45) is 1.64. The number of para-hydroxylation sites is 1. The zero-order valence-corrected chi connectivity index (χ0v) is 10.6. The zero-order chi connectivity index (χ0) is 13.0. The Kier molecular flexibility index (Phi) is 3.77. The fourth-order valence-electron chi connectivity index (χ4n) is 1.56. The van der Waals surface area contributed by atoms with Crippen LogP contribution in [0.15, 0.2) is 36.5 Å². The molecule has 0 N–H and O–H groups in total. The monoisotopic (exact) mass is 244 g/mol. The number of nitrogens with zero attached hydrogens (tertiary/aromatic N) is 2. The summed E-state index contributed by atoms with van der Waals surface area (Å²) < 4.78 is 5.45. The molecule has 0 saturated carbocycles. The standard InChI is InChI=1S/C14H16N2O2/c1-3-16(2)14(17)10-18-12-8-11-6-4-5-7-13(11)15-9-12/h4-9H,3,10H2,1-2H3. The van der Waals surface area contributed by atoms with Crippen molar-refractivity contribution in [3.8, 4) is 5.75 Å². The van der Waals surface area contributed by atoms with Crippen molar-refractivity contribution in [2.75, 3.05) is 20.2 Å². The number of carbonyl (C=O) groups excluding carboxylic acids is 1. The minimum Gasteiger partial charge on any atom is -0.482 e. The van der Waals surface area contributed by atoms with E-state index in [1.54, 1.807) is 18.1 Å². The summed E-state index contributed by atoms with van der Waals surface area (Å²) in [5.74, 6) is 0.581. The third kappa shape index (κ3) is 2.77. The maximum Gasteiger partial charge on any atom is 0.260 e. The van der Waals surface area contributed by atoms with Gasteiger partial charge < -0.3 is 9.64 Å². The molecule has 0 aliphatic rings. The number of fused-ring (bicyclic) bond motifs is 1. The van der Waals surface area contributed by atoms with Crippen LogP contribution in [0.4, 0.5) is 0 Å². The molecule has 0 bridgehead atoms. The molecule has 1 aromatic heterocycles. The summed E-state index contributed by atoms with van der Waals surface area (Å²) in [7, 11) is 1.75. The number of aromatic nitrogens is 1. The minimum atomic E-state index is -0.0364. The Bertz CT molecular complexity index is 554. The first kappa shape index (κ1) is 12.4. The number of rotatable bonds is 4. The highest BCUT2D eigenvalue weighted by molar-refractivity contribution is 5.80. The second-order valence-electron chi connectivity index (χ2n) is 4.06. The highest BCUT2D eigenvalue weighted by Crippen LogP contribution is 2.17. The van der Waals surface area contributed by atoms with E-state index in [0.717, 1.165) is 10.9 Å². The largest absolute Gasteiger partial charge is 0.482 e. The molecule has 2 rings (SSSR count). The van der Waals surface area contributed by atoms with Gasteiger partial charge in [-0.15, -0.1) is 0 Å². The minimum absolute atomic E-state index is 0.0364. The molecule has 0 spiro atoms. The first-order valence-electron chi connectivity index (χ1n) is 5.92. The van der Waals surface area contributed by atoms with Gasteiger partial charge in [0.25, 0.3) is 5.91 Å². The predicted octanol–water partition coefficient (Wildman–Crippen LogP) is 2.09. The quantitative estimate of drug-likeness (QED) is 0.827. The number of ether oxygens (including phenoxy) is 1. The normalized spacial score (nSPS) is 10.3. The van der Waals surface area contributed by atoms with Crippen LogP contribution in [-0.4, -0.2) is 36.0 Å². The summed E-state index contributed by atoms with van der Waals surface area (Å²) in [6, 6.07) is 9.69. The second kappa shape index (κ2) is 5.49. The number of amides is 1. The molecule has 4 nitrogen and oxygen atoms in total. The highest BCUT2D eigenvalue weighted by Gasteiger charge is 2.07. The van der Waals surface area contributed by atoms with E-state index in [1.165, 1.54) is 0 Å². The lowest BCUT2D eigenvalue weighted by molar-refractivity contribution is -0.131. The predicted molar refractivity (Wildman–Crippen MR) is 70.5 cm³/mol. The SMILES string of the molecule is CCN(C)C(=O)COc1cnc2ccccc2c1. The van der Waals surface area contributed by atoms with Crippen molar-refractivity contribution < 1.29 is 9.53 Å². The van der Waals surface area contributed by atoms with E-state index in [1.807, 2.05) is 37.3 Å². The maximum absolute atomic E-state index is 11.6. The van der Waals surface area contributed by atoms with Crippen molar-refractivity contribution in [3.63, 3.8) is 0 Å². The van der Waals surface area contributed by atoms with Gasteiger partial charge in [-0.3, -0.25) is 9.78 Å². The average molecular weight is 244 g/mol. The molecule has 0 aliphatic carbocycles. The lowest BCUT2D eigenvalue weighted by Crippen LogP contribution is -2.31. The molecule has 1 aromatic carbocycles. The molecule has 2 aromatic rings. The van der Waals surface area contributed by atoms with Gasteiger partial charge in [0.1, 0.15) is 5.75 Å². The van der Waals surface area contributed by atoms with Crippen LogP contribution in [0.1, 0.15) is 6.92 Å². The van der Waals surface area contributed by atoms with Gasteiger partial charge in [-0.1, -0.05) is 18.2 Å². The summed E-state index contributed by atoms with van der Waals surface area (Å²) in [5, 5.41) is 1.01. The van der Waals surface area contributed by atoms with Gasteiger partial charge in [-0.25, -0.2) is 0 Å². The summed E-state index contributed by atoms with van der Waals surface area (Å²) in [4.78, 5) is 17.5. The number of carbonyl (C=O) groups is 1. The lowest BCUT2D eigenvalue weighted by atomic mass is 10.2. The molecule has 1 heterocycles. The van der Waals surface area contributed by atoms with Gasteiger partial charge >= 0.3 is 0 Å². The van der Waals surface area contributed by atoms with Crippen molar-refractivity contribution in [2.45, 2.75) is 6.92 Å². The van der Waals surface area contributed by atoms with E-state index in [4.69, 9.17) is 4.74 Å². The van der Waals surface area contributed by atoms with Crippen molar-refractivity contribution in [1.29, 1.82) is 0 Å². The van der Waals surface area contributed by atoms with Crippen LogP contribution in [0.2, 0.25) is 0 Å². The fraction of sp³-hybridized carbons (Fsp3) is 0.286. The summed E-state index contributed by atoms with van der Waals surface area (Å²) in [5.41, 5.74) is 0.918. The van der Waals surface area contributed by atoms with Crippen LogP contribution in [-0.2, 0) is 4.79 Å². The first-order valence-corrected chi connectivity index (χ1v) is 5.92. The van der Waals surface area contributed by atoms with Gasteiger partial charge in [0.2, 0.25) is 0 Å². The average Bonchev–Trinajstić information content (AvgIpc) is 2.43. The van der Waals surface area contributed by atoms with Crippen LogP contribution in [0.3, 0.4) is 0 Å². The van der Waals surface area contributed by atoms with Crippen LogP contribution in [0.5, 0.6) is 5.75 Å². The highest BCUT2D eigenvalue weighted by atomic mass is 16.5. The molecule has 94 valence electrons. The van der Waals surface area contributed by atoms with Gasteiger partial charge in [0.05, 0.1) is 11.7 Å². The van der Waals surface area contributed by atoms with Crippen LogP contribution < -0.4 is 4.74 Å². The van der Waals surface area contributed by atoms with Gasteiger partial charge in [0.15, 0.2) is 6.61 Å². The zero-order valence-electron chi connectivity index (χ0n) is 10.6. The Labute approximate surface area is 106 Å². The number of pyridine rings is 1. The Balaban J connectivity index is 2.06. The number of hydrogen-bond donors (Lipinski definition) is 0. The number of likely N-dealkylation sites (N-methyl/N-ethyl adjacent to an activating group) is 1. The molecule has 0 unspecified atom stereocenters. The summed E-state index contributed by atoms with van der Waals surface area (Å²) in [6.45, 7) is 2.65. The third-order valence-electron chi connectivity index (χ3n) is 2.83. The molecule has 0 radical (unpaired) electrons. The molecular weight excluding hydrogens is 228 g/mol. The Morgan fingerprint density at radius 2 is 2.17 bits per heavy atom. The lowest BCUT2D eigenvalue weighted by Gasteiger charge is -2.14. The fourth-order valence-corrected chi connectivity index (χ4v) is 1.56. The maximum atomic E-state index is 11.6. The topological polar surface area (TPSA) is 42.4 Å². The molecule has 0 atom stereocenters. The number of benzene rings is 1. The Morgan fingerprint density at radius 3 is 2.94 bits per heavy atom. The van der Waals surface area contributed by atoms with Gasteiger partial charge in [0, 0.05) is 19.0 Å². The van der Waals surface area contributed by atoms with Crippen molar-refractivity contribution in [2.24, 2.45) is 0 Å². The van der Waals surface area contributed by atoms with Crippen molar-refractivity contribution >= 4 is 16.8 Å². The van der Waals surface area contributed by atoms with Gasteiger partial charge in [-0.05, 0) is 19.1 Å². The Morgan fingerprint density at radius 1 is 1.39 bits per heavy atom. The molecule has 4 heteroatoms. The molecule has 18 heavy (non-hydrogen) atoms. The van der Waals surface area contributed by atoms with E-state index < -0.39 is 0 Å². The van der Waals surface area contributed by atoms with Crippen LogP contribution in [0, 0.1) is 0 Å². The molecule has 1 amide bonds. The first-order chi connectivity index (χ1) is 8.70. The van der Waals surface area contributed by atoms with Crippen molar-refractivity contribution in [3.05, 3.63) is 36.5 Å². The van der Waals surface area contributed by atoms with Crippen molar-refractivity contribution in [1.82, 2.24) is 9.88 Å².